The lowest BCUT2D eigenvalue weighted by Gasteiger charge is -2.28. The number of carbonyl (C=O) groups excluding carboxylic acids is 1. The molecule has 2 aromatic carbocycles. The van der Waals surface area contributed by atoms with Gasteiger partial charge in [0.25, 0.3) is 0 Å². The number of rotatable bonds is 5. The number of esters is 1. The third-order valence-corrected chi connectivity index (χ3v) is 6.58. The fourth-order valence-electron chi connectivity index (χ4n) is 4.98. The molecular formula is C27H31NO5. The van der Waals surface area contributed by atoms with E-state index < -0.39 is 0 Å². The van der Waals surface area contributed by atoms with E-state index in [1.165, 1.54) is 0 Å². The van der Waals surface area contributed by atoms with Crippen LogP contribution in [0.15, 0.2) is 24.3 Å². The van der Waals surface area contributed by atoms with Gasteiger partial charge in [0.05, 0.1) is 32.1 Å². The minimum atomic E-state index is -0.358. The normalized spacial score (nSPS) is 14.5. The monoisotopic (exact) mass is 449 g/mol. The first-order valence-corrected chi connectivity index (χ1v) is 11.2. The third kappa shape index (κ3) is 3.54. The highest BCUT2D eigenvalue weighted by molar-refractivity contribution is 6.05. The minimum Gasteiger partial charge on any atom is -0.507 e. The summed E-state index contributed by atoms with van der Waals surface area (Å²) in [5, 5.41) is 10.3. The zero-order chi connectivity index (χ0) is 24.0. The molecule has 1 N–H and O–H groups in total. The molecule has 1 aliphatic heterocycles. The first-order valence-electron chi connectivity index (χ1n) is 11.2. The molecule has 0 radical (unpaired) electrons. The largest absolute Gasteiger partial charge is 0.507 e. The summed E-state index contributed by atoms with van der Waals surface area (Å²) in [5.74, 6) is 1.41. The number of hydrogen-bond acceptors (Lipinski definition) is 5. The minimum absolute atomic E-state index is 0.213. The second-order valence-electron chi connectivity index (χ2n) is 8.67. The Hall–Kier alpha value is -3.41. The number of aryl methyl sites for hydroxylation is 2. The highest BCUT2D eigenvalue weighted by Gasteiger charge is 2.34. The molecule has 0 spiro atoms. The summed E-state index contributed by atoms with van der Waals surface area (Å²) in [4.78, 5) is 13.4. The molecule has 0 saturated heterocycles. The van der Waals surface area contributed by atoms with Gasteiger partial charge >= 0.3 is 5.97 Å². The summed E-state index contributed by atoms with van der Waals surface area (Å²) < 4.78 is 18.9. The molecule has 6 nitrogen and oxygen atoms in total. The van der Waals surface area contributed by atoms with Crippen molar-refractivity contribution < 1.29 is 24.1 Å². The number of benzene rings is 2. The van der Waals surface area contributed by atoms with E-state index in [2.05, 4.69) is 11.5 Å². The average Bonchev–Trinajstić information content (AvgIpc) is 3.08. The van der Waals surface area contributed by atoms with Crippen LogP contribution in [0.3, 0.4) is 0 Å². The Morgan fingerprint density at radius 2 is 1.67 bits per heavy atom. The highest BCUT2D eigenvalue weighted by atomic mass is 16.5. The van der Waals surface area contributed by atoms with Gasteiger partial charge in [-0.25, -0.2) is 4.79 Å². The maximum atomic E-state index is 13.4. The molecule has 0 fully saturated rings. The van der Waals surface area contributed by atoms with Crippen LogP contribution in [0, 0.1) is 20.8 Å². The molecule has 0 saturated carbocycles. The zero-order valence-electron chi connectivity index (χ0n) is 20.3. The van der Waals surface area contributed by atoms with Gasteiger partial charge in [-0.2, -0.15) is 0 Å². The predicted octanol–water partition coefficient (Wildman–Crippen LogP) is 5.76. The van der Waals surface area contributed by atoms with Crippen molar-refractivity contribution in [3.05, 3.63) is 52.2 Å². The number of fused-ring (bicyclic) bond motifs is 3. The van der Waals surface area contributed by atoms with Crippen molar-refractivity contribution in [2.45, 2.75) is 47.1 Å². The summed E-state index contributed by atoms with van der Waals surface area (Å²) in [7, 11) is 3.24. The third-order valence-electron chi connectivity index (χ3n) is 6.58. The zero-order valence-corrected chi connectivity index (χ0v) is 20.3. The van der Waals surface area contributed by atoms with Crippen LogP contribution < -0.4 is 9.47 Å². The van der Waals surface area contributed by atoms with Crippen molar-refractivity contribution in [2.24, 2.45) is 0 Å². The van der Waals surface area contributed by atoms with Gasteiger partial charge in [-0.1, -0.05) is 6.92 Å². The standard InChI is InChI=1S/C27H31NO5/c1-8-33-27(30)24-23(18-9-14(2)26(29)15(3)10-18)17(5)28-13-16(4)19-11-21(31-6)22(32-7)12-20(19)25(24)28/h9-12,16,29H,8,13H2,1-7H3/t16-/m1/s1. The highest BCUT2D eigenvalue weighted by Crippen LogP contribution is 2.48. The van der Waals surface area contributed by atoms with E-state index in [0.29, 0.717) is 17.1 Å². The number of ether oxygens (including phenoxy) is 3. The molecule has 3 aromatic rings. The number of carbonyl (C=O) groups is 1. The van der Waals surface area contributed by atoms with E-state index in [9.17, 15) is 9.90 Å². The van der Waals surface area contributed by atoms with Crippen molar-refractivity contribution in [1.29, 1.82) is 0 Å². The average molecular weight is 450 g/mol. The predicted molar refractivity (Wildman–Crippen MR) is 129 cm³/mol. The number of phenolic OH excluding ortho intramolecular Hbond substituents is 1. The summed E-state index contributed by atoms with van der Waals surface area (Å²) in [6, 6.07) is 7.82. The van der Waals surface area contributed by atoms with E-state index in [1.54, 1.807) is 14.2 Å². The van der Waals surface area contributed by atoms with E-state index in [0.717, 1.165) is 51.3 Å². The van der Waals surface area contributed by atoms with Gasteiger partial charge in [-0.05, 0) is 80.1 Å². The Morgan fingerprint density at radius 3 is 2.24 bits per heavy atom. The molecule has 1 atom stereocenters. The van der Waals surface area contributed by atoms with Crippen LogP contribution in [0.1, 0.15) is 52.5 Å². The number of hydrogen-bond donors (Lipinski definition) is 1. The number of nitrogens with zero attached hydrogens (tertiary/aromatic N) is 1. The summed E-state index contributed by atoms with van der Waals surface area (Å²) in [6.45, 7) is 10.8. The van der Waals surface area contributed by atoms with Crippen LogP contribution >= 0.6 is 0 Å². The smallest absolute Gasteiger partial charge is 0.340 e. The van der Waals surface area contributed by atoms with Gasteiger partial charge < -0.3 is 23.9 Å². The van der Waals surface area contributed by atoms with Crippen LogP contribution in [0.4, 0.5) is 0 Å². The molecule has 33 heavy (non-hydrogen) atoms. The van der Waals surface area contributed by atoms with Crippen LogP contribution in [-0.2, 0) is 11.3 Å². The quantitative estimate of drug-likeness (QED) is 0.501. The first-order chi connectivity index (χ1) is 15.7. The Kier molecular flexibility index (Phi) is 5.87. The Bertz CT molecular complexity index is 1230. The lowest BCUT2D eigenvalue weighted by Crippen LogP contribution is -2.17. The van der Waals surface area contributed by atoms with E-state index in [4.69, 9.17) is 14.2 Å². The van der Waals surface area contributed by atoms with Crippen molar-refractivity contribution in [1.82, 2.24) is 4.57 Å². The Balaban J connectivity index is 2.09. The van der Waals surface area contributed by atoms with Gasteiger partial charge in [-0.3, -0.25) is 0 Å². The van der Waals surface area contributed by atoms with Crippen molar-refractivity contribution in [3.8, 4) is 39.6 Å². The molecule has 174 valence electrons. The second kappa shape index (κ2) is 8.50. The van der Waals surface area contributed by atoms with Crippen molar-refractivity contribution >= 4 is 5.97 Å². The number of methoxy groups -OCH3 is 2. The molecule has 1 aromatic heterocycles. The molecule has 0 unspecified atom stereocenters. The van der Waals surface area contributed by atoms with Crippen LogP contribution in [0.25, 0.3) is 22.4 Å². The number of aromatic nitrogens is 1. The maximum absolute atomic E-state index is 13.4. The molecule has 4 rings (SSSR count). The Morgan fingerprint density at radius 1 is 1.06 bits per heavy atom. The topological polar surface area (TPSA) is 69.9 Å². The van der Waals surface area contributed by atoms with Gasteiger partial charge in [0.2, 0.25) is 0 Å². The van der Waals surface area contributed by atoms with Gasteiger partial charge in [0, 0.05) is 23.4 Å². The number of phenols is 1. The molecule has 2 heterocycles. The van der Waals surface area contributed by atoms with E-state index in [-0.39, 0.29) is 24.2 Å². The van der Waals surface area contributed by atoms with Crippen LogP contribution in [0.2, 0.25) is 0 Å². The summed E-state index contributed by atoms with van der Waals surface area (Å²) in [6.07, 6.45) is 0. The van der Waals surface area contributed by atoms with Crippen molar-refractivity contribution in [2.75, 3.05) is 20.8 Å². The molecule has 0 bridgehead atoms. The summed E-state index contributed by atoms with van der Waals surface area (Å²) >= 11 is 0. The summed E-state index contributed by atoms with van der Waals surface area (Å²) in [5.41, 5.74) is 7.67. The fourth-order valence-corrected chi connectivity index (χ4v) is 4.98. The van der Waals surface area contributed by atoms with Gasteiger partial charge in [0.15, 0.2) is 11.5 Å². The molecule has 6 heteroatoms. The van der Waals surface area contributed by atoms with Gasteiger partial charge in [-0.15, -0.1) is 0 Å². The lowest BCUT2D eigenvalue weighted by atomic mass is 9.88. The second-order valence-corrected chi connectivity index (χ2v) is 8.67. The van der Waals surface area contributed by atoms with Crippen LogP contribution in [-0.4, -0.2) is 36.5 Å². The molecular weight excluding hydrogens is 418 g/mol. The Labute approximate surface area is 194 Å². The van der Waals surface area contributed by atoms with Crippen LogP contribution in [0.5, 0.6) is 17.2 Å². The lowest BCUT2D eigenvalue weighted by molar-refractivity contribution is 0.0528. The van der Waals surface area contributed by atoms with E-state index in [1.807, 2.05) is 52.0 Å². The van der Waals surface area contributed by atoms with E-state index >= 15 is 0 Å². The number of aromatic hydroxyl groups is 1. The van der Waals surface area contributed by atoms with Gasteiger partial charge in [0.1, 0.15) is 5.75 Å². The molecule has 0 aliphatic carbocycles. The fraction of sp³-hybridized carbons (Fsp3) is 0.370. The first kappa shape index (κ1) is 22.8. The SMILES string of the molecule is CCOC(=O)c1c(-c2cc(C)c(O)c(C)c2)c(C)n2c1-c1cc(OC)c(OC)cc1[C@H](C)C2. The molecule has 1 aliphatic rings. The maximum Gasteiger partial charge on any atom is 0.340 e. The van der Waals surface area contributed by atoms with Crippen molar-refractivity contribution in [3.63, 3.8) is 0 Å². The molecule has 0 amide bonds.